The standard InChI is InChI=1S/C32H34N2O6/c1-5-33(16-15-21(3)35)23-11-13-27-29(19-23)39-30-20-24(34(6-2)17-18-38-22(4)36)12-14-28(30)32(27)26-10-8-7-9-25(26)31(37)40-32/h7-14,19-20H,5-6,15-18H2,1-4H3. The van der Waals surface area contributed by atoms with Crippen molar-refractivity contribution < 1.29 is 28.6 Å². The van der Waals surface area contributed by atoms with Crippen molar-refractivity contribution in [1.82, 2.24) is 0 Å². The first-order valence-electron chi connectivity index (χ1n) is 13.7. The van der Waals surface area contributed by atoms with Crippen molar-refractivity contribution in [2.24, 2.45) is 0 Å². The Morgan fingerprint density at radius 1 is 0.825 bits per heavy atom. The highest BCUT2D eigenvalue weighted by atomic mass is 16.6. The van der Waals surface area contributed by atoms with Gasteiger partial charge >= 0.3 is 11.9 Å². The van der Waals surface area contributed by atoms with Crippen molar-refractivity contribution in [1.29, 1.82) is 0 Å². The number of likely N-dealkylation sites (N-methyl/N-ethyl adjacent to an activating group) is 1. The molecule has 0 saturated heterocycles. The van der Waals surface area contributed by atoms with Gasteiger partial charge in [-0.05, 0) is 51.1 Å². The molecule has 8 nitrogen and oxygen atoms in total. The van der Waals surface area contributed by atoms with Gasteiger partial charge in [0.2, 0.25) is 0 Å². The van der Waals surface area contributed by atoms with E-state index in [1.165, 1.54) is 6.92 Å². The van der Waals surface area contributed by atoms with E-state index in [-0.39, 0.29) is 24.3 Å². The van der Waals surface area contributed by atoms with Crippen molar-refractivity contribution in [3.8, 4) is 11.5 Å². The molecule has 0 radical (unpaired) electrons. The molecule has 3 aromatic rings. The Balaban J connectivity index is 1.62. The van der Waals surface area contributed by atoms with Gasteiger partial charge in [0.15, 0.2) is 5.60 Å². The van der Waals surface area contributed by atoms with Crippen molar-refractivity contribution in [2.75, 3.05) is 42.6 Å². The van der Waals surface area contributed by atoms with E-state index in [4.69, 9.17) is 14.2 Å². The minimum atomic E-state index is -1.15. The molecule has 2 aliphatic heterocycles. The molecule has 3 aromatic carbocycles. The van der Waals surface area contributed by atoms with Crippen LogP contribution in [0.2, 0.25) is 0 Å². The molecule has 1 unspecified atom stereocenters. The van der Waals surface area contributed by atoms with Gasteiger partial charge in [-0.1, -0.05) is 18.2 Å². The Bertz CT molecular complexity index is 1470. The molecule has 1 spiro atoms. The number of ether oxygens (including phenoxy) is 3. The molecule has 0 saturated carbocycles. The first-order valence-corrected chi connectivity index (χ1v) is 13.7. The number of nitrogens with zero attached hydrogens (tertiary/aromatic N) is 2. The van der Waals surface area contributed by atoms with Gasteiger partial charge in [-0.2, -0.15) is 0 Å². The first kappa shape index (κ1) is 27.2. The van der Waals surface area contributed by atoms with E-state index >= 15 is 0 Å². The topological polar surface area (TPSA) is 85.4 Å². The fourth-order valence-corrected chi connectivity index (χ4v) is 5.58. The molecular formula is C32H34N2O6. The van der Waals surface area contributed by atoms with E-state index in [2.05, 4.69) is 9.80 Å². The summed E-state index contributed by atoms with van der Waals surface area (Å²) in [6.07, 6.45) is 0.451. The van der Waals surface area contributed by atoms with Gasteiger partial charge in [0.25, 0.3) is 0 Å². The zero-order valence-corrected chi connectivity index (χ0v) is 23.4. The fourth-order valence-electron chi connectivity index (χ4n) is 5.58. The van der Waals surface area contributed by atoms with Crippen molar-refractivity contribution in [3.05, 3.63) is 82.9 Å². The van der Waals surface area contributed by atoms with Crippen LogP contribution in [-0.2, 0) is 24.7 Å². The Labute approximate surface area is 234 Å². The molecular weight excluding hydrogens is 508 g/mol. The smallest absolute Gasteiger partial charge is 0.340 e. The number of hydrogen-bond donors (Lipinski definition) is 0. The summed E-state index contributed by atoms with van der Waals surface area (Å²) >= 11 is 0. The molecule has 8 heteroatoms. The normalized spacial score (nSPS) is 16.4. The second-order valence-corrected chi connectivity index (χ2v) is 10.0. The molecule has 1 atom stereocenters. The van der Waals surface area contributed by atoms with Crippen LogP contribution in [0, 0.1) is 0 Å². The van der Waals surface area contributed by atoms with Crippen molar-refractivity contribution in [2.45, 2.75) is 39.7 Å². The number of hydrogen-bond acceptors (Lipinski definition) is 8. The van der Waals surface area contributed by atoms with Crippen LogP contribution in [0.5, 0.6) is 11.5 Å². The summed E-state index contributed by atoms with van der Waals surface area (Å²) in [4.78, 5) is 40.3. The third kappa shape index (κ3) is 4.78. The summed E-state index contributed by atoms with van der Waals surface area (Å²) in [5.41, 5.74) is 3.47. The lowest BCUT2D eigenvalue weighted by atomic mass is 9.77. The number of Topliss-reactive ketones (excluding diaryl/α,β-unsaturated/α-hetero) is 1. The number of fused-ring (bicyclic) bond motifs is 6. The summed E-state index contributed by atoms with van der Waals surface area (Å²) in [5, 5.41) is 0. The first-order chi connectivity index (χ1) is 19.3. The Hall–Kier alpha value is -4.33. The Morgan fingerprint density at radius 2 is 1.43 bits per heavy atom. The third-order valence-corrected chi connectivity index (χ3v) is 7.58. The van der Waals surface area contributed by atoms with Crippen LogP contribution in [0.1, 0.15) is 61.2 Å². The maximum absolute atomic E-state index is 13.2. The third-order valence-electron chi connectivity index (χ3n) is 7.58. The van der Waals surface area contributed by atoms with E-state index < -0.39 is 5.60 Å². The van der Waals surface area contributed by atoms with Crippen LogP contribution < -0.4 is 14.5 Å². The zero-order chi connectivity index (χ0) is 28.4. The maximum atomic E-state index is 13.2. The van der Waals surface area contributed by atoms with E-state index in [0.29, 0.717) is 43.1 Å². The SMILES string of the molecule is CCN(CCOC(C)=O)c1ccc2c(c1)Oc1cc(N(CC)CCC(C)=O)ccc1C21OC(=O)c2ccccc21. The van der Waals surface area contributed by atoms with Gasteiger partial charge in [-0.25, -0.2) is 4.79 Å². The minimum absolute atomic E-state index is 0.136. The van der Waals surface area contributed by atoms with E-state index in [1.807, 2.05) is 68.4 Å². The average Bonchev–Trinajstić information content (AvgIpc) is 3.23. The Kier molecular flexibility index (Phi) is 7.52. The lowest BCUT2D eigenvalue weighted by Gasteiger charge is -2.38. The van der Waals surface area contributed by atoms with E-state index in [1.54, 1.807) is 13.0 Å². The quantitative estimate of drug-likeness (QED) is 0.313. The van der Waals surface area contributed by atoms with E-state index in [9.17, 15) is 14.4 Å². The number of benzene rings is 3. The zero-order valence-electron chi connectivity index (χ0n) is 23.4. The summed E-state index contributed by atoms with van der Waals surface area (Å²) in [6.45, 7) is 9.90. The largest absolute Gasteiger partial charge is 0.464 e. The highest BCUT2D eigenvalue weighted by molar-refractivity contribution is 5.97. The maximum Gasteiger partial charge on any atom is 0.340 e. The minimum Gasteiger partial charge on any atom is -0.464 e. The van der Waals surface area contributed by atoms with Gasteiger partial charge in [0, 0.05) is 73.2 Å². The molecule has 2 aliphatic rings. The van der Waals surface area contributed by atoms with Crippen LogP contribution in [0.25, 0.3) is 0 Å². The van der Waals surface area contributed by atoms with Crippen LogP contribution >= 0.6 is 0 Å². The fraction of sp³-hybridized carbons (Fsp3) is 0.344. The van der Waals surface area contributed by atoms with Gasteiger partial charge < -0.3 is 24.0 Å². The van der Waals surface area contributed by atoms with Crippen molar-refractivity contribution >= 4 is 29.1 Å². The number of rotatable bonds is 10. The predicted octanol–water partition coefficient (Wildman–Crippen LogP) is 5.45. The molecule has 0 fully saturated rings. The summed E-state index contributed by atoms with van der Waals surface area (Å²) < 4.78 is 18.0. The van der Waals surface area contributed by atoms with Crippen LogP contribution in [0.15, 0.2) is 60.7 Å². The summed E-state index contributed by atoms with van der Waals surface area (Å²) in [7, 11) is 0. The van der Waals surface area contributed by atoms with Gasteiger partial charge in [-0.3, -0.25) is 9.59 Å². The number of anilines is 2. The second-order valence-electron chi connectivity index (χ2n) is 10.0. The number of carbonyl (C=O) groups excluding carboxylic acids is 3. The molecule has 0 N–H and O–H groups in total. The lowest BCUT2D eigenvalue weighted by molar-refractivity contribution is -0.140. The van der Waals surface area contributed by atoms with Crippen molar-refractivity contribution in [3.63, 3.8) is 0 Å². The van der Waals surface area contributed by atoms with Crippen LogP contribution in [-0.4, -0.2) is 50.5 Å². The van der Waals surface area contributed by atoms with Gasteiger partial charge in [0.1, 0.15) is 23.9 Å². The highest BCUT2D eigenvalue weighted by Crippen LogP contribution is 2.57. The van der Waals surface area contributed by atoms with Crippen LogP contribution in [0.4, 0.5) is 11.4 Å². The van der Waals surface area contributed by atoms with Gasteiger partial charge in [0.05, 0.1) is 12.1 Å². The number of esters is 2. The molecule has 0 amide bonds. The summed E-state index contributed by atoms with van der Waals surface area (Å²) in [5.74, 6) is 0.623. The lowest BCUT2D eigenvalue weighted by Crippen LogP contribution is -2.34. The molecule has 0 aliphatic carbocycles. The molecule has 2 heterocycles. The second kappa shape index (κ2) is 11.0. The van der Waals surface area contributed by atoms with Crippen LogP contribution in [0.3, 0.4) is 0 Å². The predicted molar refractivity (Wildman–Crippen MR) is 152 cm³/mol. The monoisotopic (exact) mass is 542 g/mol. The Morgan fingerprint density at radius 3 is 2.00 bits per heavy atom. The van der Waals surface area contributed by atoms with E-state index in [0.717, 1.165) is 34.6 Å². The number of carbonyl (C=O) groups is 3. The molecule has 40 heavy (non-hydrogen) atoms. The summed E-state index contributed by atoms with van der Waals surface area (Å²) in [6, 6.07) is 19.3. The average molecular weight is 543 g/mol. The highest BCUT2D eigenvalue weighted by Gasteiger charge is 2.53. The molecule has 208 valence electrons. The molecule has 0 aromatic heterocycles. The number of ketones is 1. The molecule has 0 bridgehead atoms. The van der Waals surface area contributed by atoms with Gasteiger partial charge in [-0.15, -0.1) is 0 Å². The molecule has 5 rings (SSSR count).